The van der Waals surface area contributed by atoms with Crippen LogP contribution in [-0.2, 0) is 0 Å². The van der Waals surface area contributed by atoms with Crippen molar-refractivity contribution in [2.45, 2.75) is 31.4 Å². The smallest absolute Gasteiger partial charge is 0.202 e. The Labute approximate surface area is 67.1 Å². The lowest BCUT2D eigenvalue weighted by Crippen LogP contribution is -2.14. The molecule has 0 N–H and O–H groups in total. The molecule has 0 spiro atoms. The SMILES string of the molecule is C=CC(F)(F)CCCC(F)(F)F. The van der Waals surface area contributed by atoms with Gasteiger partial charge in [0.2, 0.25) is 0 Å². The van der Waals surface area contributed by atoms with E-state index in [1.165, 1.54) is 0 Å². The van der Waals surface area contributed by atoms with Gasteiger partial charge in [0.25, 0.3) is 5.92 Å². The highest BCUT2D eigenvalue weighted by molar-refractivity contribution is 4.86. The Bertz CT molecular complexity index is 146. The van der Waals surface area contributed by atoms with Gasteiger partial charge in [0.15, 0.2) is 0 Å². The van der Waals surface area contributed by atoms with Crippen molar-refractivity contribution >= 4 is 0 Å². The lowest BCUT2D eigenvalue weighted by Gasteiger charge is -2.11. The fourth-order valence-electron chi connectivity index (χ4n) is 0.627. The second-order valence-electron chi connectivity index (χ2n) is 2.43. The first-order valence-corrected chi connectivity index (χ1v) is 3.35. The third-order valence-corrected chi connectivity index (χ3v) is 1.27. The molecule has 12 heavy (non-hydrogen) atoms. The van der Waals surface area contributed by atoms with Crippen molar-refractivity contribution in [3.05, 3.63) is 12.7 Å². The van der Waals surface area contributed by atoms with Gasteiger partial charge in [-0.1, -0.05) is 6.58 Å². The van der Waals surface area contributed by atoms with Crippen LogP contribution in [0.25, 0.3) is 0 Å². The number of halogens is 5. The molecule has 0 rings (SSSR count). The minimum absolute atomic E-state index is 0.364. The zero-order valence-electron chi connectivity index (χ0n) is 6.30. The minimum Gasteiger partial charge on any atom is -0.202 e. The molecule has 0 amide bonds. The van der Waals surface area contributed by atoms with Crippen LogP contribution < -0.4 is 0 Å². The van der Waals surface area contributed by atoms with Crippen molar-refractivity contribution in [1.29, 1.82) is 0 Å². The summed E-state index contributed by atoms with van der Waals surface area (Å²) in [4.78, 5) is 0. The molecule has 0 heterocycles. The molecule has 0 aromatic rings. The molecular weight excluding hydrogens is 179 g/mol. The van der Waals surface area contributed by atoms with Gasteiger partial charge in [0, 0.05) is 12.8 Å². The Morgan fingerprint density at radius 1 is 1.00 bits per heavy atom. The highest BCUT2D eigenvalue weighted by Gasteiger charge is 2.30. The fourth-order valence-corrected chi connectivity index (χ4v) is 0.627. The summed E-state index contributed by atoms with van der Waals surface area (Å²) in [5.41, 5.74) is 0. The predicted molar refractivity (Wildman–Crippen MR) is 35.0 cm³/mol. The Morgan fingerprint density at radius 2 is 1.50 bits per heavy atom. The fraction of sp³-hybridized carbons (Fsp3) is 0.714. The molecule has 0 unspecified atom stereocenters. The minimum atomic E-state index is -4.35. The molecule has 0 radical (unpaired) electrons. The molecule has 0 aliphatic rings. The van der Waals surface area contributed by atoms with E-state index in [-0.39, 0.29) is 0 Å². The number of alkyl halides is 5. The van der Waals surface area contributed by atoms with Crippen molar-refractivity contribution in [1.82, 2.24) is 0 Å². The van der Waals surface area contributed by atoms with E-state index in [2.05, 4.69) is 6.58 Å². The summed E-state index contributed by atoms with van der Waals surface area (Å²) < 4.78 is 58.9. The third kappa shape index (κ3) is 6.12. The van der Waals surface area contributed by atoms with E-state index in [1.54, 1.807) is 0 Å². The van der Waals surface area contributed by atoms with Gasteiger partial charge < -0.3 is 0 Å². The van der Waals surface area contributed by atoms with Gasteiger partial charge in [-0.3, -0.25) is 0 Å². The van der Waals surface area contributed by atoms with E-state index in [1.807, 2.05) is 0 Å². The predicted octanol–water partition coefficient (Wildman–Crippen LogP) is 3.54. The number of hydrogen-bond donors (Lipinski definition) is 0. The molecule has 0 saturated heterocycles. The average Bonchev–Trinajstić information content (AvgIpc) is 1.84. The second kappa shape index (κ2) is 3.87. The van der Waals surface area contributed by atoms with Crippen LogP contribution in [0, 0.1) is 0 Å². The van der Waals surface area contributed by atoms with Crippen LogP contribution in [0.15, 0.2) is 12.7 Å². The average molecular weight is 188 g/mol. The van der Waals surface area contributed by atoms with E-state index < -0.39 is 31.4 Å². The summed E-state index contributed by atoms with van der Waals surface area (Å²) in [6.45, 7) is 2.82. The van der Waals surface area contributed by atoms with E-state index in [4.69, 9.17) is 0 Å². The summed E-state index contributed by atoms with van der Waals surface area (Å²) in [5.74, 6) is -3.18. The van der Waals surface area contributed by atoms with Crippen LogP contribution >= 0.6 is 0 Å². The van der Waals surface area contributed by atoms with E-state index in [0.717, 1.165) is 0 Å². The first-order valence-electron chi connectivity index (χ1n) is 3.35. The molecule has 0 fully saturated rings. The maximum atomic E-state index is 12.2. The van der Waals surface area contributed by atoms with Gasteiger partial charge in [-0.2, -0.15) is 13.2 Å². The first-order chi connectivity index (χ1) is 5.27. The normalized spacial score (nSPS) is 13.1. The van der Waals surface area contributed by atoms with Crippen LogP contribution in [0.4, 0.5) is 22.0 Å². The number of hydrogen-bond acceptors (Lipinski definition) is 0. The summed E-state index contributed by atoms with van der Waals surface area (Å²) in [5, 5.41) is 0. The molecule has 0 aromatic carbocycles. The zero-order valence-corrected chi connectivity index (χ0v) is 6.30. The largest absolute Gasteiger partial charge is 0.389 e. The van der Waals surface area contributed by atoms with Crippen LogP contribution in [0.2, 0.25) is 0 Å². The van der Waals surface area contributed by atoms with Crippen LogP contribution in [-0.4, -0.2) is 12.1 Å². The molecule has 0 bridgehead atoms. The van der Waals surface area contributed by atoms with Gasteiger partial charge in [0.05, 0.1) is 0 Å². The molecule has 5 heteroatoms. The van der Waals surface area contributed by atoms with Gasteiger partial charge in [-0.25, -0.2) is 8.78 Å². The highest BCUT2D eigenvalue weighted by Crippen LogP contribution is 2.27. The third-order valence-electron chi connectivity index (χ3n) is 1.27. The zero-order chi connectivity index (χ0) is 9.83. The molecule has 72 valence electrons. The van der Waals surface area contributed by atoms with Crippen LogP contribution in [0.1, 0.15) is 19.3 Å². The van der Waals surface area contributed by atoms with Gasteiger partial charge >= 0.3 is 6.18 Å². The summed E-state index contributed by atoms with van der Waals surface area (Å²) >= 11 is 0. The molecule has 0 aromatic heterocycles. The molecule has 0 saturated carbocycles. The van der Waals surface area contributed by atoms with Gasteiger partial charge in [0.1, 0.15) is 0 Å². The van der Waals surface area contributed by atoms with Gasteiger partial charge in [-0.15, -0.1) is 0 Å². The molecule has 0 nitrogen and oxygen atoms in total. The quantitative estimate of drug-likeness (QED) is 0.467. The molecular formula is C7H9F5. The van der Waals surface area contributed by atoms with Crippen molar-refractivity contribution in [3.63, 3.8) is 0 Å². The maximum Gasteiger partial charge on any atom is 0.389 e. The molecule has 0 atom stereocenters. The van der Waals surface area contributed by atoms with Crippen molar-refractivity contribution in [3.8, 4) is 0 Å². The van der Waals surface area contributed by atoms with E-state index in [9.17, 15) is 22.0 Å². The van der Waals surface area contributed by atoms with E-state index >= 15 is 0 Å². The Kier molecular flexibility index (Phi) is 3.67. The number of allylic oxidation sites excluding steroid dienone is 1. The molecule has 0 aliphatic heterocycles. The first kappa shape index (κ1) is 11.4. The summed E-state index contributed by atoms with van der Waals surface area (Å²) in [6, 6.07) is 0. The Balaban J connectivity index is 3.64. The second-order valence-corrected chi connectivity index (χ2v) is 2.43. The topological polar surface area (TPSA) is 0 Å². The van der Waals surface area contributed by atoms with E-state index in [0.29, 0.717) is 6.08 Å². The maximum absolute atomic E-state index is 12.2. The Hall–Kier alpha value is -0.610. The lowest BCUT2D eigenvalue weighted by atomic mass is 10.1. The van der Waals surface area contributed by atoms with Crippen molar-refractivity contribution < 1.29 is 22.0 Å². The van der Waals surface area contributed by atoms with Crippen LogP contribution in [0.3, 0.4) is 0 Å². The lowest BCUT2D eigenvalue weighted by molar-refractivity contribution is -0.137. The number of rotatable bonds is 4. The monoisotopic (exact) mass is 188 g/mol. The van der Waals surface area contributed by atoms with Crippen molar-refractivity contribution in [2.75, 3.05) is 0 Å². The standard InChI is InChI=1S/C7H9F5/c1-2-6(8,9)4-3-5-7(10,11)12/h2H,1,3-5H2. The summed E-state index contributed by atoms with van der Waals surface area (Å²) in [7, 11) is 0. The highest BCUT2D eigenvalue weighted by atomic mass is 19.4. The van der Waals surface area contributed by atoms with Gasteiger partial charge in [-0.05, 0) is 12.5 Å². The molecule has 0 aliphatic carbocycles. The summed E-state index contributed by atoms with van der Waals surface area (Å²) in [6.07, 6.45) is -6.52. The Morgan fingerprint density at radius 3 is 1.83 bits per heavy atom. The van der Waals surface area contributed by atoms with Crippen molar-refractivity contribution in [2.24, 2.45) is 0 Å². The van der Waals surface area contributed by atoms with Crippen LogP contribution in [0.5, 0.6) is 0 Å².